The Morgan fingerprint density at radius 1 is 1.33 bits per heavy atom. The highest BCUT2D eigenvalue weighted by Gasteiger charge is 2.57. The van der Waals surface area contributed by atoms with E-state index >= 15 is 0 Å². The Labute approximate surface area is 144 Å². The van der Waals surface area contributed by atoms with Gasteiger partial charge in [-0.2, -0.15) is 0 Å². The highest BCUT2D eigenvalue weighted by atomic mass is 16.5. The minimum atomic E-state index is -0.453. The van der Waals surface area contributed by atoms with Gasteiger partial charge in [0.15, 0.2) is 0 Å². The van der Waals surface area contributed by atoms with Crippen LogP contribution in [-0.4, -0.2) is 35.5 Å². The van der Waals surface area contributed by atoms with Crippen molar-refractivity contribution in [2.75, 3.05) is 13.2 Å². The molecular formula is C20H30O4. The summed E-state index contributed by atoms with van der Waals surface area (Å²) in [5.74, 6) is 0.371. The predicted molar refractivity (Wildman–Crippen MR) is 92.2 cm³/mol. The first-order chi connectivity index (χ1) is 11.3. The third kappa shape index (κ3) is 2.64. The average Bonchev–Trinajstić information content (AvgIpc) is 2.96. The zero-order valence-corrected chi connectivity index (χ0v) is 14.9. The fraction of sp³-hybridized carbons (Fsp3) is 0.750. The third-order valence-electron chi connectivity index (χ3n) is 7.16. The number of carbonyl (C=O) groups is 1. The van der Waals surface area contributed by atoms with Gasteiger partial charge >= 0.3 is 5.97 Å². The Balaban J connectivity index is 1.88. The van der Waals surface area contributed by atoms with Gasteiger partial charge in [0.25, 0.3) is 0 Å². The molecule has 2 N–H and O–H groups in total. The van der Waals surface area contributed by atoms with E-state index in [0.717, 1.165) is 31.3 Å². The summed E-state index contributed by atoms with van der Waals surface area (Å²) < 4.78 is 5.03. The van der Waals surface area contributed by atoms with E-state index < -0.39 is 11.5 Å². The predicted octanol–water partition coefficient (Wildman–Crippen LogP) is 2.99. The number of ether oxygens (including phenoxy) is 1. The molecule has 1 heterocycles. The lowest BCUT2D eigenvalue weighted by atomic mass is 9.46. The lowest BCUT2D eigenvalue weighted by molar-refractivity contribution is -0.151. The first-order valence-electron chi connectivity index (χ1n) is 9.15. The van der Waals surface area contributed by atoms with Crippen LogP contribution in [0.1, 0.15) is 52.4 Å². The van der Waals surface area contributed by atoms with E-state index in [9.17, 15) is 15.0 Å². The van der Waals surface area contributed by atoms with Crippen molar-refractivity contribution in [1.29, 1.82) is 0 Å². The van der Waals surface area contributed by atoms with E-state index in [4.69, 9.17) is 4.74 Å². The molecule has 0 unspecified atom stereocenters. The van der Waals surface area contributed by atoms with E-state index in [1.807, 2.05) is 13.0 Å². The minimum absolute atomic E-state index is 0.00557. The van der Waals surface area contributed by atoms with Crippen molar-refractivity contribution in [2.45, 2.75) is 58.5 Å². The molecule has 2 aliphatic carbocycles. The Morgan fingerprint density at radius 2 is 2.08 bits per heavy atom. The molecule has 0 aromatic rings. The molecule has 134 valence electrons. The quantitative estimate of drug-likeness (QED) is 0.473. The maximum atomic E-state index is 11.7. The van der Waals surface area contributed by atoms with Gasteiger partial charge in [0, 0.05) is 17.4 Å². The van der Waals surface area contributed by atoms with Gasteiger partial charge in [-0.25, -0.2) is 4.79 Å². The fourth-order valence-corrected chi connectivity index (χ4v) is 5.53. The third-order valence-corrected chi connectivity index (χ3v) is 7.16. The normalized spacial score (nSPS) is 44.5. The standard InChI is InChI=1S/C20H30O4/c1-13-4-7-16-19(2,10-8-17(22)20(16,3)12-21)15(13)6-5-14-9-11-24-18(14)23/h5,15-17,21-22H,1,4,6-12H2,2-3H3/b14-5+/t15-,16+,17-,19+,20+/m1/s1. The molecule has 0 amide bonds. The zero-order valence-electron chi connectivity index (χ0n) is 14.9. The van der Waals surface area contributed by atoms with Crippen LogP contribution in [0.15, 0.2) is 23.8 Å². The molecule has 3 rings (SSSR count). The van der Waals surface area contributed by atoms with Gasteiger partial charge in [-0.1, -0.05) is 32.1 Å². The van der Waals surface area contributed by atoms with Gasteiger partial charge in [-0.05, 0) is 49.4 Å². The van der Waals surface area contributed by atoms with Gasteiger partial charge in [0.05, 0.1) is 19.3 Å². The van der Waals surface area contributed by atoms with Crippen LogP contribution in [0.25, 0.3) is 0 Å². The number of hydrogen-bond acceptors (Lipinski definition) is 4. The molecule has 0 bridgehead atoms. The number of rotatable bonds is 3. The molecule has 3 fully saturated rings. The molecule has 4 heteroatoms. The monoisotopic (exact) mass is 334 g/mol. The van der Waals surface area contributed by atoms with Gasteiger partial charge in [0.2, 0.25) is 0 Å². The lowest BCUT2D eigenvalue weighted by Crippen LogP contribution is -2.57. The number of cyclic esters (lactones) is 1. The summed E-state index contributed by atoms with van der Waals surface area (Å²) in [4.78, 5) is 11.7. The molecule has 1 saturated heterocycles. The second kappa shape index (κ2) is 6.30. The summed E-state index contributed by atoms with van der Waals surface area (Å²) in [7, 11) is 0. The molecule has 0 spiro atoms. The molecule has 2 saturated carbocycles. The Kier molecular flexibility index (Phi) is 4.65. The number of aliphatic hydroxyl groups excluding tert-OH is 2. The number of hydrogen-bond donors (Lipinski definition) is 2. The van der Waals surface area contributed by atoms with Gasteiger partial charge < -0.3 is 14.9 Å². The van der Waals surface area contributed by atoms with Gasteiger partial charge in [-0.15, -0.1) is 0 Å². The molecule has 5 atom stereocenters. The number of fused-ring (bicyclic) bond motifs is 1. The molecule has 0 aromatic heterocycles. The van der Waals surface area contributed by atoms with Crippen LogP contribution < -0.4 is 0 Å². The summed E-state index contributed by atoms with van der Waals surface area (Å²) >= 11 is 0. The van der Waals surface area contributed by atoms with Gasteiger partial charge in [-0.3, -0.25) is 0 Å². The highest BCUT2D eigenvalue weighted by Crippen LogP contribution is 2.61. The van der Waals surface area contributed by atoms with Crippen LogP contribution in [0.2, 0.25) is 0 Å². The Hall–Kier alpha value is -1.13. The summed E-state index contributed by atoms with van der Waals surface area (Å²) in [5, 5.41) is 20.5. The summed E-state index contributed by atoms with van der Waals surface area (Å²) in [6.45, 7) is 9.14. The number of esters is 1. The molecule has 3 aliphatic rings. The topological polar surface area (TPSA) is 66.8 Å². The summed E-state index contributed by atoms with van der Waals surface area (Å²) in [5.41, 5.74) is 1.58. The van der Waals surface area contributed by atoms with Crippen LogP contribution >= 0.6 is 0 Å². The van der Waals surface area contributed by atoms with Crippen molar-refractivity contribution < 1.29 is 19.7 Å². The van der Waals surface area contributed by atoms with Crippen LogP contribution in [0.4, 0.5) is 0 Å². The van der Waals surface area contributed by atoms with E-state index in [2.05, 4.69) is 13.5 Å². The molecule has 1 aliphatic heterocycles. The summed E-state index contributed by atoms with van der Waals surface area (Å²) in [6, 6.07) is 0. The average molecular weight is 334 g/mol. The molecule has 24 heavy (non-hydrogen) atoms. The second-order valence-corrected chi connectivity index (χ2v) is 8.38. The molecule has 0 aromatic carbocycles. The van der Waals surface area contributed by atoms with E-state index in [1.165, 1.54) is 5.57 Å². The van der Waals surface area contributed by atoms with Crippen molar-refractivity contribution >= 4 is 5.97 Å². The summed E-state index contributed by atoms with van der Waals surface area (Å²) in [6.07, 6.45) is 6.65. The SMILES string of the molecule is C=C1CC[C@@H]2[C@](C)(CO)[C@H](O)CC[C@@]2(C)[C@@H]1C/C=C1\CCOC1=O. The van der Waals surface area contributed by atoms with Crippen LogP contribution in [-0.2, 0) is 9.53 Å². The van der Waals surface area contributed by atoms with Gasteiger partial charge in [0.1, 0.15) is 0 Å². The van der Waals surface area contributed by atoms with Crippen LogP contribution in [0.3, 0.4) is 0 Å². The largest absolute Gasteiger partial charge is 0.462 e. The number of carbonyl (C=O) groups excluding carboxylic acids is 1. The first-order valence-corrected chi connectivity index (χ1v) is 9.15. The number of aliphatic hydroxyl groups is 2. The van der Waals surface area contributed by atoms with Crippen molar-refractivity contribution in [3.8, 4) is 0 Å². The highest BCUT2D eigenvalue weighted by molar-refractivity contribution is 5.90. The van der Waals surface area contributed by atoms with Crippen molar-refractivity contribution in [3.05, 3.63) is 23.8 Å². The van der Waals surface area contributed by atoms with Crippen LogP contribution in [0, 0.1) is 22.7 Å². The first kappa shape index (κ1) is 17.7. The maximum absolute atomic E-state index is 11.7. The lowest BCUT2D eigenvalue weighted by Gasteiger charge is -2.59. The van der Waals surface area contributed by atoms with Crippen molar-refractivity contribution in [1.82, 2.24) is 0 Å². The fourth-order valence-electron chi connectivity index (χ4n) is 5.53. The Morgan fingerprint density at radius 3 is 2.71 bits per heavy atom. The number of allylic oxidation sites excluding steroid dienone is 2. The molecular weight excluding hydrogens is 304 g/mol. The zero-order chi connectivity index (χ0) is 17.5. The van der Waals surface area contributed by atoms with E-state index in [1.54, 1.807) is 0 Å². The maximum Gasteiger partial charge on any atom is 0.333 e. The Bertz CT molecular complexity index is 566. The van der Waals surface area contributed by atoms with E-state index in [-0.39, 0.29) is 29.8 Å². The van der Waals surface area contributed by atoms with Crippen molar-refractivity contribution in [3.63, 3.8) is 0 Å². The second-order valence-electron chi connectivity index (χ2n) is 8.38. The van der Waals surface area contributed by atoms with E-state index in [0.29, 0.717) is 19.4 Å². The molecule has 4 nitrogen and oxygen atoms in total. The molecule has 0 radical (unpaired) electrons. The minimum Gasteiger partial charge on any atom is -0.462 e. The van der Waals surface area contributed by atoms with Crippen LogP contribution in [0.5, 0.6) is 0 Å². The smallest absolute Gasteiger partial charge is 0.333 e. The van der Waals surface area contributed by atoms with Crippen molar-refractivity contribution in [2.24, 2.45) is 22.7 Å².